The number of ether oxygens (including phenoxy) is 1. The van der Waals surface area contributed by atoms with Gasteiger partial charge in [-0.25, -0.2) is 9.78 Å². The number of esters is 1. The first-order chi connectivity index (χ1) is 11.4. The van der Waals surface area contributed by atoms with Gasteiger partial charge in [-0.1, -0.05) is 12.2 Å². The van der Waals surface area contributed by atoms with E-state index in [2.05, 4.69) is 11.6 Å². The minimum Gasteiger partial charge on any atom is -0.462 e. The van der Waals surface area contributed by atoms with Crippen LogP contribution in [0, 0.1) is 6.92 Å². The molecule has 0 atom stereocenters. The molecule has 24 heavy (non-hydrogen) atoms. The lowest BCUT2D eigenvalue weighted by atomic mass is 10.3. The highest BCUT2D eigenvalue weighted by Gasteiger charge is 2.21. The molecule has 0 spiro atoms. The summed E-state index contributed by atoms with van der Waals surface area (Å²) in [4.78, 5) is 30.8. The van der Waals surface area contributed by atoms with E-state index in [1.807, 2.05) is 13.8 Å². The van der Waals surface area contributed by atoms with Crippen LogP contribution < -0.4 is 0 Å². The molecule has 128 valence electrons. The second-order valence-electron chi connectivity index (χ2n) is 5.34. The Labute approximate surface area is 144 Å². The van der Waals surface area contributed by atoms with Crippen molar-refractivity contribution in [3.63, 3.8) is 0 Å². The van der Waals surface area contributed by atoms with Crippen LogP contribution in [-0.2, 0) is 9.53 Å². The first kappa shape index (κ1) is 17.9. The fraction of sp³-hybridized carbons (Fsp3) is 0.353. The van der Waals surface area contributed by atoms with E-state index in [1.54, 1.807) is 30.2 Å². The SMILES string of the molecule is C=C(C)CN(CC)C(=O)COC(=O)c1nc(-c2ccco2)sc1C. The summed E-state index contributed by atoms with van der Waals surface area (Å²) in [6.07, 6.45) is 1.55. The van der Waals surface area contributed by atoms with Crippen molar-refractivity contribution in [3.8, 4) is 10.8 Å². The van der Waals surface area contributed by atoms with Gasteiger partial charge in [-0.3, -0.25) is 4.79 Å². The average molecular weight is 348 g/mol. The van der Waals surface area contributed by atoms with Crippen molar-refractivity contribution in [2.75, 3.05) is 19.7 Å². The molecule has 0 N–H and O–H groups in total. The lowest BCUT2D eigenvalue weighted by molar-refractivity contribution is -0.133. The van der Waals surface area contributed by atoms with Crippen molar-refractivity contribution in [1.29, 1.82) is 0 Å². The predicted octanol–water partition coefficient (Wildman–Crippen LogP) is 3.29. The summed E-state index contributed by atoms with van der Waals surface area (Å²) in [7, 11) is 0. The zero-order valence-electron chi connectivity index (χ0n) is 14.0. The number of thiazole rings is 1. The lowest BCUT2D eigenvalue weighted by Crippen LogP contribution is -2.35. The van der Waals surface area contributed by atoms with Gasteiger partial charge >= 0.3 is 5.97 Å². The van der Waals surface area contributed by atoms with E-state index in [0.29, 0.717) is 28.7 Å². The van der Waals surface area contributed by atoms with Crippen molar-refractivity contribution in [3.05, 3.63) is 41.1 Å². The van der Waals surface area contributed by atoms with Gasteiger partial charge in [-0.2, -0.15) is 0 Å². The molecule has 0 aliphatic heterocycles. The molecule has 2 heterocycles. The smallest absolute Gasteiger partial charge is 0.358 e. The first-order valence-corrected chi connectivity index (χ1v) is 8.34. The van der Waals surface area contributed by atoms with Crippen LogP contribution in [0.5, 0.6) is 0 Å². The molecule has 0 saturated carbocycles. The number of hydrogen-bond donors (Lipinski definition) is 0. The topological polar surface area (TPSA) is 72.6 Å². The molecular weight excluding hydrogens is 328 g/mol. The number of nitrogens with zero attached hydrogens (tertiary/aromatic N) is 2. The molecular formula is C17H20N2O4S. The summed E-state index contributed by atoms with van der Waals surface area (Å²) in [5, 5.41) is 0.605. The van der Waals surface area contributed by atoms with Crippen LogP contribution in [0.4, 0.5) is 0 Å². The third-order valence-electron chi connectivity index (χ3n) is 3.24. The molecule has 2 aromatic heterocycles. The van der Waals surface area contributed by atoms with Gasteiger partial charge in [0.1, 0.15) is 0 Å². The van der Waals surface area contributed by atoms with Crippen LogP contribution in [0.15, 0.2) is 35.0 Å². The Kier molecular flexibility index (Phi) is 5.92. The van der Waals surface area contributed by atoms with Crippen LogP contribution in [-0.4, -0.2) is 41.5 Å². The maximum absolute atomic E-state index is 12.2. The Balaban J connectivity index is 2.00. The lowest BCUT2D eigenvalue weighted by Gasteiger charge is -2.20. The fourth-order valence-corrected chi connectivity index (χ4v) is 2.95. The maximum atomic E-state index is 12.2. The molecule has 6 nitrogen and oxygen atoms in total. The third-order valence-corrected chi connectivity index (χ3v) is 4.23. The van der Waals surface area contributed by atoms with Crippen molar-refractivity contribution >= 4 is 23.2 Å². The van der Waals surface area contributed by atoms with Crippen molar-refractivity contribution < 1.29 is 18.7 Å². The molecule has 2 aromatic rings. The van der Waals surface area contributed by atoms with E-state index in [4.69, 9.17) is 9.15 Å². The van der Waals surface area contributed by atoms with Gasteiger partial charge in [-0.05, 0) is 32.9 Å². The zero-order chi connectivity index (χ0) is 17.7. The minimum atomic E-state index is -0.610. The molecule has 0 aliphatic carbocycles. The molecule has 2 rings (SSSR count). The van der Waals surface area contributed by atoms with Gasteiger partial charge < -0.3 is 14.1 Å². The molecule has 0 radical (unpaired) electrons. The maximum Gasteiger partial charge on any atom is 0.358 e. The summed E-state index contributed by atoms with van der Waals surface area (Å²) >= 11 is 1.34. The summed E-state index contributed by atoms with van der Waals surface area (Å²) in [6.45, 7) is 9.94. The summed E-state index contributed by atoms with van der Waals surface area (Å²) in [5.74, 6) is -0.272. The first-order valence-electron chi connectivity index (χ1n) is 7.53. The molecule has 1 amide bonds. The van der Waals surface area contributed by atoms with E-state index in [-0.39, 0.29) is 18.2 Å². The van der Waals surface area contributed by atoms with Gasteiger partial charge in [0, 0.05) is 18.0 Å². The number of likely N-dealkylation sites (N-methyl/N-ethyl adjacent to an activating group) is 1. The quantitative estimate of drug-likeness (QED) is 0.567. The summed E-state index contributed by atoms with van der Waals surface area (Å²) in [6, 6.07) is 3.53. The molecule has 7 heteroatoms. The van der Waals surface area contributed by atoms with Crippen LogP contribution in [0.3, 0.4) is 0 Å². The van der Waals surface area contributed by atoms with Gasteiger partial charge in [0.2, 0.25) is 0 Å². The second kappa shape index (κ2) is 7.92. The van der Waals surface area contributed by atoms with Crippen LogP contribution in [0.25, 0.3) is 10.8 Å². The van der Waals surface area contributed by atoms with Crippen LogP contribution in [0.1, 0.15) is 29.2 Å². The van der Waals surface area contributed by atoms with Gasteiger partial charge in [0.25, 0.3) is 5.91 Å². The molecule has 0 aromatic carbocycles. The fourth-order valence-electron chi connectivity index (χ4n) is 2.08. The number of amides is 1. The summed E-state index contributed by atoms with van der Waals surface area (Å²) in [5.41, 5.74) is 1.08. The van der Waals surface area contributed by atoms with E-state index in [1.165, 1.54) is 11.3 Å². The van der Waals surface area contributed by atoms with Crippen LogP contribution >= 0.6 is 11.3 Å². The molecule has 0 fully saturated rings. The Hall–Kier alpha value is -2.41. The summed E-state index contributed by atoms with van der Waals surface area (Å²) < 4.78 is 10.4. The standard InChI is InChI=1S/C17H20N2O4S/c1-5-19(9-11(2)3)14(20)10-23-17(21)15-12(4)24-16(18-15)13-7-6-8-22-13/h6-8H,2,5,9-10H2,1,3-4H3. The Morgan fingerprint density at radius 3 is 2.79 bits per heavy atom. The van der Waals surface area contributed by atoms with Gasteiger partial charge in [0.05, 0.1) is 6.26 Å². The van der Waals surface area contributed by atoms with Gasteiger partial charge in [-0.15, -0.1) is 11.3 Å². The van der Waals surface area contributed by atoms with E-state index >= 15 is 0 Å². The number of aryl methyl sites for hydroxylation is 1. The minimum absolute atomic E-state index is 0.210. The molecule has 0 unspecified atom stereocenters. The number of rotatable bonds is 7. The van der Waals surface area contributed by atoms with Crippen molar-refractivity contribution in [2.45, 2.75) is 20.8 Å². The number of hydrogen-bond acceptors (Lipinski definition) is 6. The Morgan fingerprint density at radius 1 is 1.46 bits per heavy atom. The normalized spacial score (nSPS) is 10.5. The molecule has 0 aliphatic rings. The highest BCUT2D eigenvalue weighted by Crippen LogP contribution is 2.28. The molecule has 0 saturated heterocycles. The number of aromatic nitrogens is 1. The van der Waals surface area contributed by atoms with E-state index < -0.39 is 5.97 Å². The number of carbonyl (C=O) groups excluding carboxylic acids is 2. The van der Waals surface area contributed by atoms with Gasteiger partial charge in [0.15, 0.2) is 23.1 Å². The molecule has 0 bridgehead atoms. The van der Waals surface area contributed by atoms with Crippen molar-refractivity contribution in [2.24, 2.45) is 0 Å². The van der Waals surface area contributed by atoms with Crippen molar-refractivity contribution in [1.82, 2.24) is 9.88 Å². The monoisotopic (exact) mass is 348 g/mol. The highest BCUT2D eigenvalue weighted by molar-refractivity contribution is 7.15. The highest BCUT2D eigenvalue weighted by atomic mass is 32.1. The van der Waals surface area contributed by atoms with E-state index in [0.717, 1.165) is 5.57 Å². The average Bonchev–Trinajstić information content (AvgIpc) is 3.18. The second-order valence-corrected chi connectivity index (χ2v) is 6.55. The zero-order valence-corrected chi connectivity index (χ0v) is 14.8. The Morgan fingerprint density at radius 2 is 2.21 bits per heavy atom. The third kappa shape index (κ3) is 4.32. The number of carbonyl (C=O) groups is 2. The largest absolute Gasteiger partial charge is 0.462 e. The van der Waals surface area contributed by atoms with E-state index in [9.17, 15) is 9.59 Å². The predicted molar refractivity (Wildman–Crippen MR) is 91.9 cm³/mol. The number of furan rings is 1. The van der Waals surface area contributed by atoms with Crippen LogP contribution in [0.2, 0.25) is 0 Å². The Bertz CT molecular complexity index is 734.